The molecular formula is C17H19BrClNO3. The van der Waals surface area contributed by atoms with E-state index in [1.807, 2.05) is 37.3 Å². The van der Waals surface area contributed by atoms with Crippen molar-refractivity contribution in [2.75, 3.05) is 26.1 Å². The van der Waals surface area contributed by atoms with Crippen molar-refractivity contribution in [3.05, 3.63) is 45.4 Å². The highest BCUT2D eigenvalue weighted by Crippen LogP contribution is 2.37. The van der Waals surface area contributed by atoms with E-state index < -0.39 is 0 Å². The monoisotopic (exact) mass is 399 g/mol. The highest BCUT2D eigenvalue weighted by atomic mass is 79.9. The second kappa shape index (κ2) is 8.31. The zero-order valence-electron chi connectivity index (χ0n) is 13.3. The number of rotatable bonds is 7. The number of anilines is 1. The van der Waals surface area contributed by atoms with E-state index in [1.54, 1.807) is 14.2 Å². The maximum atomic E-state index is 6.13. The predicted octanol–water partition coefficient (Wildman–Crippen LogP) is 5.13. The van der Waals surface area contributed by atoms with E-state index in [4.69, 9.17) is 25.8 Å². The largest absolute Gasteiger partial charge is 0.495 e. The van der Waals surface area contributed by atoms with Crippen LogP contribution in [0, 0.1) is 0 Å². The summed E-state index contributed by atoms with van der Waals surface area (Å²) in [7, 11) is 3.22. The SMILES string of the molecule is CCOc1c(Br)cc(CNc2ccc(OC)c(Cl)c2)cc1OC. The molecule has 0 aliphatic heterocycles. The van der Waals surface area contributed by atoms with Gasteiger partial charge in [-0.2, -0.15) is 0 Å². The lowest BCUT2D eigenvalue weighted by atomic mass is 10.2. The Morgan fingerprint density at radius 1 is 1.09 bits per heavy atom. The van der Waals surface area contributed by atoms with Crippen molar-refractivity contribution in [2.45, 2.75) is 13.5 Å². The first-order valence-electron chi connectivity index (χ1n) is 7.15. The molecule has 0 amide bonds. The van der Waals surface area contributed by atoms with Crippen molar-refractivity contribution in [1.82, 2.24) is 0 Å². The van der Waals surface area contributed by atoms with Gasteiger partial charge in [-0.25, -0.2) is 0 Å². The van der Waals surface area contributed by atoms with Crippen LogP contribution in [-0.2, 0) is 6.54 Å². The van der Waals surface area contributed by atoms with Gasteiger partial charge in [0.15, 0.2) is 11.5 Å². The van der Waals surface area contributed by atoms with Crippen LogP contribution in [0.4, 0.5) is 5.69 Å². The summed E-state index contributed by atoms with van der Waals surface area (Å²) in [6, 6.07) is 9.55. The Hall–Kier alpha value is -1.59. The van der Waals surface area contributed by atoms with E-state index in [9.17, 15) is 0 Å². The molecule has 0 bridgehead atoms. The zero-order valence-corrected chi connectivity index (χ0v) is 15.6. The lowest BCUT2D eigenvalue weighted by Crippen LogP contribution is -2.02. The number of ether oxygens (including phenoxy) is 3. The number of hydrogen-bond acceptors (Lipinski definition) is 4. The molecule has 2 aromatic rings. The molecule has 0 unspecified atom stereocenters. The van der Waals surface area contributed by atoms with Crippen molar-refractivity contribution in [3.8, 4) is 17.2 Å². The summed E-state index contributed by atoms with van der Waals surface area (Å²) < 4.78 is 17.0. The standard InChI is InChI=1S/C17H19BrClNO3/c1-4-23-17-13(18)7-11(8-16(17)22-3)10-20-12-5-6-15(21-2)14(19)9-12/h5-9,20H,4,10H2,1-3H3. The summed E-state index contributed by atoms with van der Waals surface area (Å²) in [5.41, 5.74) is 1.98. The molecule has 0 spiro atoms. The van der Waals surface area contributed by atoms with E-state index >= 15 is 0 Å². The Labute approximate surface area is 149 Å². The molecule has 124 valence electrons. The maximum Gasteiger partial charge on any atom is 0.175 e. The minimum Gasteiger partial charge on any atom is -0.495 e. The third kappa shape index (κ3) is 4.45. The topological polar surface area (TPSA) is 39.7 Å². The van der Waals surface area contributed by atoms with Gasteiger partial charge in [0, 0.05) is 12.2 Å². The first-order valence-corrected chi connectivity index (χ1v) is 8.32. The fourth-order valence-corrected chi connectivity index (χ4v) is 3.00. The molecule has 0 aliphatic carbocycles. The van der Waals surface area contributed by atoms with Gasteiger partial charge in [-0.1, -0.05) is 11.6 Å². The molecule has 1 N–H and O–H groups in total. The first-order chi connectivity index (χ1) is 11.1. The lowest BCUT2D eigenvalue weighted by molar-refractivity contribution is 0.308. The van der Waals surface area contributed by atoms with Gasteiger partial charge in [0.1, 0.15) is 5.75 Å². The number of benzene rings is 2. The molecule has 0 saturated carbocycles. The maximum absolute atomic E-state index is 6.13. The van der Waals surface area contributed by atoms with Crippen LogP contribution >= 0.6 is 27.5 Å². The number of hydrogen-bond donors (Lipinski definition) is 1. The van der Waals surface area contributed by atoms with E-state index in [1.165, 1.54) is 0 Å². The van der Waals surface area contributed by atoms with Crippen molar-refractivity contribution < 1.29 is 14.2 Å². The van der Waals surface area contributed by atoms with Crippen molar-refractivity contribution in [2.24, 2.45) is 0 Å². The second-order valence-electron chi connectivity index (χ2n) is 4.74. The van der Waals surface area contributed by atoms with Crippen LogP contribution in [0.2, 0.25) is 5.02 Å². The first kappa shape index (κ1) is 17.8. The molecule has 0 saturated heterocycles. The van der Waals surface area contributed by atoms with E-state index in [-0.39, 0.29) is 0 Å². The summed E-state index contributed by atoms with van der Waals surface area (Å²) in [5, 5.41) is 3.90. The summed E-state index contributed by atoms with van der Waals surface area (Å²) >= 11 is 9.66. The van der Waals surface area contributed by atoms with Crippen LogP contribution in [0.25, 0.3) is 0 Å². The Morgan fingerprint density at radius 3 is 2.43 bits per heavy atom. The molecule has 2 rings (SSSR count). The Balaban J connectivity index is 2.14. The number of methoxy groups -OCH3 is 2. The van der Waals surface area contributed by atoms with E-state index in [0.29, 0.717) is 35.4 Å². The summed E-state index contributed by atoms with van der Waals surface area (Å²) in [6.07, 6.45) is 0. The molecule has 0 fully saturated rings. The van der Waals surface area contributed by atoms with Crippen LogP contribution in [0.3, 0.4) is 0 Å². The van der Waals surface area contributed by atoms with Gasteiger partial charge >= 0.3 is 0 Å². The molecule has 2 aromatic carbocycles. The van der Waals surface area contributed by atoms with Gasteiger partial charge in [0.05, 0.1) is 30.3 Å². The summed E-state index contributed by atoms with van der Waals surface area (Å²) in [5.74, 6) is 2.07. The van der Waals surface area contributed by atoms with Crippen LogP contribution in [0.5, 0.6) is 17.2 Å². The smallest absolute Gasteiger partial charge is 0.175 e. The molecule has 4 nitrogen and oxygen atoms in total. The minimum absolute atomic E-state index is 0.572. The van der Waals surface area contributed by atoms with Crippen LogP contribution < -0.4 is 19.5 Å². The van der Waals surface area contributed by atoms with Crippen molar-refractivity contribution in [1.29, 1.82) is 0 Å². The normalized spacial score (nSPS) is 10.3. The van der Waals surface area contributed by atoms with Gasteiger partial charge < -0.3 is 19.5 Å². The third-order valence-corrected chi connectivity index (χ3v) is 4.11. The van der Waals surface area contributed by atoms with Gasteiger partial charge in [0.2, 0.25) is 0 Å². The van der Waals surface area contributed by atoms with Crippen LogP contribution in [0.15, 0.2) is 34.8 Å². The quantitative estimate of drug-likeness (QED) is 0.699. The van der Waals surface area contributed by atoms with Gasteiger partial charge in [-0.05, 0) is 58.7 Å². The predicted molar refractivity (Wildman–Crippen MR) is 97.2 cm³/mol. The van der Waals surface area contributed by atoms with Crippen LogP contribution in [0.1, 0.15) is 12.5 Å². The number of halogens is 2. The average Bonchev–Trinajstić information content (AvgIpc) is 2.55. The minimum atomic E-state index is 0.572. The molecular weight excluding hydrogens is 382 g/mol. The Kier molecular flexibility index (Phi) is 6.42. The molecule has 6 heteroatoms. The lowest BCUT2D eigenvalue weighted by Gasteiger charge is -2.14. The highest BCUT2D eigenvalue weighted by molar-refractivity contribution is 9.10. The van der Waals surface area contributed by atoms with E-state index in [0.717, 1.165) is 15.7 Å². The molecule has 0 aromatic heterocycles. The Morgan fingerprint density at radius 2 is 1.83 bits per heavy atom. The molecule has 23 heavy (non-hydrogen) atoms. The molecule has 0 heterocycles. The fourth-order valence-electron chi connectivity index (χ4n) is 2.14. The summed E-state index contributed by atoms with van der Waals surface area (Å²) in [4.78, 5) is 0. The molecule has 0 atom stereocenters. The van der Waals surface area contributed by atoms with Crippen molar-refractivity contribution >= 4 is 33.2 Å². The highest BCUT2D eigenvalue weighted by Gasteiger charge is 2.11. The van der Waals surface area contributed by atoms with Crippen LogP contribution in [-0.4, -0.2) is 20.8 Å². The van der Waals surface area contributed by atoms with Gasteiger partial charge in [0.25, 0.3) is 0 Å². The van der Waals surface area contributed by atoms with Gasteiger partial charge in [-0.15, -0.1) is 0 Å². The average molecular weight is 401 g/mol. The Bertz CT molecular complexity index is 679. The van der Waals surface area contributed by atoms with Gasteiger partial charge in [-0.3, -0.25) is 0 Å². The van der Waals surface area contributed by atoms with Crippen molar-refractivity contribution in [3.63, 3.8) is 0 Å². The summed E-state index contributed by atoms with van der Waals surface area (Å²) in [6.45, 7) is 3.15. The molecule has 0 aliphatic rings. The van der Waals surface area contributed by atoms with E-state index in [2.05, 4.69) is 21.2 Å². The fraction of sp³-hybridized carbons (Fsp3) is 0.294. The third-order valence-electron chi connectivity index (χ3n) is 3.23. The zero-order chi connectivity index (χ0) is 16.8. The molecule has 0 radical (unpaired) electrons. The number of nitrogens with one attached hydrogen (secondary N) is 1. The second-order valence-corrected chi connectivity index (χ2v) is 6.01.